The second kappa shape index (κ2) is 6.42. The van der Waals surface area contributed by atoms with E-state index < -0.39 is 0 Å². The molecule has 5 heteroatoms. The lowest BCUT2D eigenvalue weighted by Gasteiger charge is -2.26. The number of hydrogen-bond donors (Lipinski definition) is 1. The van der Waals surface area contributed by atoms with Gasteiger partial charge in [0.25, 0.3) is 0 Å². The number of urea groups is 1. The highest BCUT2D eigenvalue weighted by Gasteiger charge is 2.17. The summed E-state index contributed by atoms with van der Waals surface area (Å²) < 4.78 is 1.65. The first-order valence-corrected chi connectivity index (χ1v) is 6.44. The first-order valence-electron chi connectivity index (χ1n) is 6.44. The van der Waals surface area contributed by atoms with Crippen LogP contribution in [0.25, 0.3) is 0 Å². The molecule has 2 amide bonds. The molecule has 0 aromatic carbocycles. The summed E-state index contributed by atoms with van der Waals surface area (Å²) in [4.78, 5) is 14.1. The smallest absolute Gasteiger partial charge is 0.323 e. The summed E-state index contributed by atoms with van der Waals surface area (Å²) in [7, 11) is 1.81. The number of nitrogens with zero attached hydrogens (tertiary/aromatic N) is 3. The highest BCUT2D eigenvalue weighted by molar-refractivity contribution is 5.88. The van der Waals surface area contributed by atoms with Crippen molar-refractivity contribution >= 4 is 11.8 Å². The molecule has 0 aliphatic heterocycles. The Morgan fingerprint density at radius 1 is 1.33 bits per heavy atom. The van der Waals surface area contributed by atoms with Crippen molar-refractivity contribution in [1.29, 1.82) is 0 Å². The van der Waals surface area contributed by atoms with Crippen molar-refractivity contribution < 1.29 is 4.79 Å². The molecule has 1 aromatic heterocycles. The van der Waals surface area contributed by atoms with Crippen LogP contribution >= 0.6 is 0 Å². The Labute approximate surface area is 109 Å². The van der Waals surface area contributed by atoms with Crippen LogP contribution in [0.5, 0.6) is 0 Å². The van der Waals surface area contributed by atoms with E-state index in [9.17, 15) is 4.79 Å². The molecule has 0 saturated carbocycles. The van der Waals surface area contributed by atoms with E-state index in [0.717, 1.165) is 18.9 Å². The molecular formula is C13H24N4O. The van der Waals surface area contributed by atoms with E-state index in [-0.39, 0.29) is 6.03 Å². The van der Waals surface area contributed by atoms with Gasteiger partial charge < -0.3 is 4.90 Å². The first kappa shape index (κ1) is 14.5. The minimum atomic E-state index is -0.0546. The molecule has 0 saturated heterocycles. The minimum absolute atomic E-state index is 0.0546. The van der Waals surface area contributed by atoms with Gasteiger partial charge in [-0.25, -0.2) is 4.79 Å². The van der Waals surface area contributed by atoms with E-state index in [4.69, 9.17) is 0 Å². The van der Waals surface area contributed by atoms with Crippen molar-refractivity contribution in [1.82, 2.24) is 14.7 Å². The van der Waals surface area contributed by atoms with Crippen LogP contribution in [0.1, 0.15) is 27.7 Å². The lowest BCUT2D eigenvalue weighted by atomic mass is 10.1. The first-order chi connectivity index (χ1) is 8.40. The highest BCUT2D eigenvalue weighted by atomic mass is 16.2. The third-order valence-corrected chi connectivity index (χ3v) is 2.51. The van der Waals surface area contributed by atoms with Gasteiger partial charge in [0.05, 0.1) is 6.20 Å². The van der Waals surface area contributed by atoms with E-state index in [1.54, 1.807) is 16.9 Å². The summed E-state index contributed by atoms with van der Waals surface area (Å²) in [6, 6.07) is 1.74. The monoisotopic (exact) mass is 252 g/mol. The molecule has 5 nitrogen and oxygen atoms in total. The Morgan fingerprint density at radius 2 is 1.89 bits per heavy atom. The Bertz CT molecular complexity index is 374. The van der Waals surface area contributed by atoms with Crippen molar-refractivity contribution in [3.05, 3.63) is 12.3 Å². The number of amides is 2. The number of anilines is 1. The summed E-state index contributed by atoms with van der Waals surface area (Å²) in [6.45, 7) is 9.99. The number of aromatic nitrogens is 2. The van der Waals surface area contributed by atoms with Gasteiger partial charge in [0.2, 0.25) is 0 Å². The third kappa shape index (κ3) is 4.39. The Balaban J connectivity index is 2.67. The number of nitrogens with one attached hydrogen (secondary N) is 1. The lowest BCUT2D eigenvalue weighted by Crippen LogP contribution is -2.40. The SMILES string of the molecule is CC(C)CN(CC(C)C)C(=O)Nc1ccnn1C. The fourth-order valence-electron chi connectivity index (χ4n) is 1.81. The summed E-state index contributed by atoms with van der Waals surface area (Å²) >= 11 is 0. The van der Waals surface area contributed by atoms with E-state index in [0.29, 0.717) is 11.8 Å². The zero-order valence-electron chi connectivity index (χ0n) is 12.0. The molecule has 1 rings (SSSR count). The quantitative estimate of drug-likeness (QED) is 0.875. The van der Waals surface area contributed by atoms with E-state index in [1.165, 1.54) is 0 Å². The van der Waals surface area contributed by atoms with E-state index in [1.807, 2.05) is 11.9 Å². The van der Waals surface area contributed by atoms with Gasteiger partial charge in [-0.3, -0.25) is 10.00 Å². The van der Waals surface area contributed by atoms with Crippen LogP contribution in [0.15, 0.2) is 12.3 Å². The maximum Gasteiger partial charge on any atom is 0.323 e. The number of rotatable bonds is 5. The molecule has 0 aliphatic rings. The largest absolute Gasteiger partial charge is 0.324 e. The van der Waals surface area contributed by atoms with E-state index >= 15 is 0 Å². The molecule has 1 N–H and O–H groups in total. The van der Waals surface area contributed by atoms with Gasteiger partial charge in [0.15, 0.2) is 0 Å². The summed E-state index contributed by atoms with van der Waals surface area (Å²) in [5.74, 6) is 1.64. The van der Waals surface area contributed by atoms with Crippen molar-refractivity contribution in [2.45, 2.75) is 27.7 Å². The molecule has 0 atom stereocenters. The van der Waals surface area contributed by atoms with Crippen LogP contribution in [-0.4, -0.2) is 33.8 Å². The Hall–Kier alpha value is -1.52. The molecule has 0 fully saturated rings. The number of carbonyl (C=O) groups excluding carboxylic acids is 1. The maximum atomic E-state index is 12.2. The van der Waals surface area contributed by atoms with Crippen molar-refractivity contribution in [3.8, 4) is 0 Å². The summed E-state index contributed by atoms with van der Waals surface area (Å²) in [5, 5.41) is 6.92. The summed E-state index contributed by atoms with van der Waals surface area (Å²) in [6.07, 6.45) is 1.67. The molecule has 0 bridgehead atoms. The molecule has 1 aromatic rings. The second-order valence-corrected chi connectivity index (χ2v) is 5.46. The molecule has 0 unspecified atom stereocenters. The van der Waals surface area contributed by atoms with Crippen molar-refractivity contribution in [3.63, 3.8) is 0 Å². The zero-order valence-corrected chi connectivity index (χ0v) is 12.0. The van der Waals surface area contributed by atoms with Crippen molar-refractivity contribution in [2.24, 2.45) is 18.9 Å². The van der Waals surface area contributed by atoms with E-state index in [2.05, 4.69) is 38.1 Å². The summed E-state index contributed by atoms with van der Waals surface area (Å²) in [5.41, 5.74) is 0. The number of carbonyl (C=O) groups is 1. The fourth-order valence-corrected chi connectivity index (χ4v) is 1.81. The standard InChI is InChI=1S/C13H24N4O/c1-10(2)8-17(9-11(3)4)13(18)15-12-6-7-14-16(12)5/h6-7,10-11H,8-9H2,1-5H3,(H,15,18). The fraction of sp³-hybridized carbons (Fsp3) is 0.692. The van der Waals surface area contributed by atoms with Crippen molar-refractivity contribution in [2.75, 3.05) is 18.4 Å². The van der Waals surface area contributed by atoms with Crippen LogP contribution in [0.3, 0.4) is 0 Å². The van der Waals surface area contributed by atoms with Gasteiger partial charge in [-0.1, -0.05) is 27.7 Å². The van der Waals surface area contributed by atoms with Gasteiger partial charge >= 0.3 is 6.03 Å². The predicted octanol–water partition coefficient (Wildman–Crippen LogP) is 2.57. The third-order valence-electron chi connectivity index (χ3n) is 2.51. The normalized spacial score (nSPS) is 11.1. The Morgan fingerprint density at radius 3 is 2.28 bits per heavy atom. The molecule has 0 radical (unpaired) electrons. The average molecular weight is 252 g/mol. The second-order valence-electron chi connectivity index (χ2n) is 5.46. The predicted molar refractivity (Wildman–Crippen MR) is 73.5 cm³/mol. The van der Waals surface area contributed by atoms with Crippen LogP contribution < -0.4 is 5.32 Å². The number of aryl methyl sites for hydroxylation is 1. The average Bonchev–Trinajstić information content (AvgIpc) is 2.62. The van der Waals surface area contributed by atoms with Gasteiger partial charge in [0, 0.05) is 26.2 Å². The number of hydrogen-bond acceptors (Lipinski definition) is 2. The highest BCUT2D eigenvalue weighted by Crippen LogP contribution is 2.09. The molecule has 1 heterocycles. The van der Waals surface area contributed by atoms with Gasteiger partial charge in [-0.05, 0) is 11.8 Å². The molecular weight excluding hydrogens is 228 g/mol. The maximum absolute atomic E-state index is 12.2. The van der Waals surface area contributed by atoms with Crippen LogP contribution in [0.4, 0.5) is 10.6 Å². The molecule has 102 valence electrons. The Kier molecular flexibility index (Phi) is 5.19. The molecule has 18 heavy (non-hydrogen) atoms. The van der Waals surface area contributed by atoms with Gasteiger partial charge in [0.1, 0.15) is 5.82 Å². The van der Waals surface area contributed by atoms with Crippen LogP contribution in [0.2, 0.25) is 0 Å². The van der Waals surface area contributed by atoms with Gasteiger partial charge in [-0.15, -0.1) is 0 Å². The topological polar surface area (TPSA) is 50.2 Å². The van der Waals surface area contributed by atoms with Gasteiger partial charge in [-0.2, -0.15) is 5.10 Å². The minimum Gasteiger partial charge on any atom is -0.324 e. The zero-order chi connectivity index (χ0) is 13.7. The lowest BCUT2D eigenvalue weighted by molar-refractivity contribution is 0.196. The van der Waals surface area contributed by atoms with Crippen LogP contribution in [0, 0.1) is 11.8 Å². The molecule has 0 aliphatic carbocycles. The van der Waals surface area contributed by atoms with Crippen LogP contribution in [-0.2, 0) is 7.05 Å². The molecule has 0 spiro atoms.